The molecule has 0 heterocycles. The fourth-order valence-corrected chi connectivity index (χ4v) is 5.08. The van der Waals surface area contributed by atoms with Crippen molar-refractivity contribution in [3.8, 4) is 23.0 Å². The molecule has 0 radical (unpaired) electrons. The summed E-state index contributed by atoms with van der Waals surface area (Å²) in [5.74, 6) is 1.26. The average molecular weight is 515 g/mol. The Kier molecular flexibility index (Phi) is 8.65. The zero-order valence-corrected chi connectivity index (χ0v) is 21.7. The van der Waals surface area contributed by atoms with Gasteiger partial charge in [0.2, 0.25) is 5.91 Å². The first-order valence-corrected chi connectivity index (χ1v) is 12.5. The van der Waals surface area contributed by atoms with E-state index in [-0.39, 0.29) is 16.3 Å². The van der Waals surface area contributed by atoms with Gasteiger partial charge in [-0.1, -0.05) is 24.3 Å². The van der Waals surface area contributed by atoms with Gasteiger partial charge in [-0.25, -0.2) is 8.42 Å². The molecule has 192 valence electrons. The minimum Gasteiger partial charge on any atom is -0.497 e. The number of anilines is 1. The van der Waals surface area contributed by atoms with Gasteiger partial charge in [0.05, 0.1) is 45.1 Å². The van der Waals surface area contributed by atoms with Crippen molar-refractivity contribution in [2.45, 2.75) is 17.9 Å². The third-order valence-electron chi connectivity index (χ3n) is 5.56. The van der Waals surface area contributed by atoms with E-state index in [1.54, 1.807) is 55.5 Å². The van der Waals surface area contributed by atoms with Gasteiger partial charge in [-0.2, -0.15) is 0 Å². The molecule has 0 spiro atoms. The molecule has 0 aliphatic carbocycles. The lowest BCUT2D eigenvalue weighted by Gasteiger charge is -2.27. The van der Waals surface area contributed by atoms with Crippen molar-refractivity contribution in [3.05, 3.63) is 72.3 Å². The van der Waals surface area contributed by atoms with Gasteiger partial charge in [-0.3, -0.25) is 9.10 Å². The summed E-state index contributed by atoms with van der Waals surface area (Å²) < 4.78 is 49.7. The van der Waals surface area contributed by atoms with E-state index in [1.807, 2.05) is 0 Å². The highest BCUT2D eigenvalue weighted by molar-refractivity contribution is 7.92. The largest absolute Gasteiger partial charge is 0.497 e. The third kappa shape index (κ3) is 5.83. The van der Waals surface area contributed by atoms with Gasteiger partial charge in [0.25, 0.3) is 10.0 Å². The molecule has 3 aromatic rings. The van der Waals surface area contributed by atoms with Crippen molar-refractivity contribution in [1.82, 2.24) is 5.32 Å². The van der Waals surface area contributed by atoms with Crippen molar-refractivity contribution in [2.24, 2.45) is 0 Å². The fourth-order valence-electron chi connectivity index (χ4n) is 3.63. The minimum atomic E-state index is -4.13. The lowest BCUT2D eigenvalue weighted by atomic mass is 10.1. The number of hydrogen-bond acceptors (Lipinski definition) is 7. The van der Waals surface area contributed by atoms with Gasteiger partial charge in [-0.15, -0.1) is 0 Å². The Bertz CT molecular complexity index is 1300. The van der Waals surface area contributed by atoms with Crippen molar-refractivity contribution in [1.29, 1.82) is 0 Å². The standard InChI is InChI=1S/C26H30N2O7S/c1-18(19-11-13-24(34-4)25(15-19)35-5)27-26(29)17-28(36(30,31)21-9-7-6-8-10-21)22-16-20(32-2)12-14-23(22)33-3/h6-16,18H,17H2,1-5H3,(H,27,29)/t18-/m1/s1. The van der Waals surface area contributed by atoms with Crippen LogP contribution in [-0.2, 0) is 14.8 Å². The van der Waals surface area contributed by atoms with Gasteiger partial charge in [0.1, 0.15) is 18.0 Å². The maximum atomic E-state index is 13.7. The fraction of sp³-hybridized carbons (Fsp3) is 0.269. The quantitative estimate of drug-likeness (QED) is 0.415. The van der Waals surface area contributed by atoms with Gasteiger partial charge in [0, 0.05) is 6.07 Å². The van der Waals surface area contributed by atoms with E-state index < -0.39 is 28.5 Å². The Balaban J connectivity index is 1.96. The SMILES string of the molecule is COc1ccc(OC)c(N(CC(=O)N[C@H](C)c2ccc(OC)c(OC)c2)S(=O)(=O)c2ccccc2)c1. The molecule has 3 rings (SSSR count). The first kappa shape index (κ1) is 26.7. The van der Waals surface area contributed by atoms with Crippen molar-refractivity contribution >= 4 is 21.6 Å². The molecule has 0 unspecified atom stereocenters. The molecule has 1 N–H and O–H groups in total. The summed E-state index contributed by atoms with van der Waals surface area (Å²) in [6, 6.07) is 17.5. The monoisotopic (exact) mass is 514 g/mol. The molecule has 0 aromatic heterocycles. The topological polar surface area (TPSA) is 103 Å². The van der Waals surface area contributed by atoms with Crippen LogP contribution in [0.1, 0.15) is 18.5 Å². The van der Waals surface area contributed by atoms with Crippen LogP contribution in [0.4, 0.5) is 5.69 Å². The molecule has 0 saturated carbocycles. The van der Waals surface area contributed by atoms with Gasteiger partial charge in [0.15, 0.2) is 11.5 Å². The molecule has 10 heteroatoms. The number of benzene rings is 3. The molecule has 0 aliphatic rings. The maximum Gasteiger partial charge on any atom is 0.264 e. The van der Waals surface area contributed by atoms with E-state index in [9.17, 15) is 13.2 Å². The van der Waals surface area contributed by atoms with Crippen LogP contribution < -0.4 is 28.6 Å². The number of nitrogens with one attached hydrogen (secondary N) is 1. The lowest BCUT2D eigenvalue weighted by Crippen LogP contribution is -2.41. The minimum absolute atomic E-state index is 0.0376. The zero-order valence-electron chi connectivity index (χ0n) is 20.8. The number of amides is 1. The summed E-state index contributed by atoms with van der Waals surface area (Å²) in [6.07, 6.45) is 0. The molecule has 36 heavy (non-hydrogen) atoms. The summed E-state index contributed by atoms with van der Waals surface area (Å²) in [5, 5.41) is 2.86. The van der Waals surface area contributed by atoms with E-state index in [4.69, 9.17) is 18.9 Å². The van der Waals surface area contributed by atoms with E-state index in [0.29, 0.717) is 17.2 Å². The molecular weight excluding hydrogens is 484 g/mol. The molecule has 0 fully saturated rings. The summed E-state index contributed by atoms with van der Waals surface area (Å²) in [5.41, 5.74) is 0.937. The Hall–Kier alpha value is -3.92. The second-order valence-electron chi connectivity index (χ2n) is 7.77. The predicted octanol–water partition coefficient (Wildman–Crippen LogP) is 3.79. The maximum absolute atomic E-state index is 13.7. The van der Waals surface area contributed by atoms with Crippen LogP contribution in [0.5, 0.6) is 23.0 Å². The second-order valence-corrected chi connectivity index (χ2v) is 9.63. The highest BCUT2D eigenvalue weighted by Crippen LogP contribution is 2.36. The van der Waals surface area contributed by atoms with Gasteiger partial charge >= 0.3 is 0 Å². The van der Waals surface area contributed by atoms with Crippen LogP contribution in [0, 0.1) is 0 Å². The molecular formula is C26H30N2O7S. The molecule has 9 nitrogen and oxygen atoms in total. The average Bonchev–Trinajstić information content (AvgIpc) is 2.91. The summed E-state index contributed by atoms with van der Waals surface area (Å²) in [6.45, 7) is 1.31. The number of ether oxygens (including phenoxy) is 4. The number of carbonyl (C=O) groups is 1. The van der Waals surface area contributed by atoms with Crippen LogP contribution in [0.2, 0.25) is 0 Å². The Morgan fingerprint density at radius 3 is 2.08 bits per heavy atom. The summed E-state index contributed by atoms with van der Waals surface area (Å²) >= 11 is 0. The van der Waals surface area contributed by atoms with Crippen LogP contribution in [0.25, 0.3) is 0 Å². The predicted molar refractivity (Wildman–Crippen MR) is 137 cm³/mol. The van der Waals surface area contributed by atoms with Crippen LogP contribution >= 0.6 is 0 Å². The number of methoxy groups -OCH3 is 4. The van der Waals surface area contributed by atoms with Crippen LogP contribution in [0.15, 0.2) is 71.6 Å². The van der Waals surface area contributed by atoms with Gasteiger partial charge < -0.3 is 24.3 Å². The smallest absolute Gasteiger partial charge is 0.264 e. The number of nitrogens with zero attached hydrogens (tertiary/aromatic N) is 1. The number of hydrogen-bond donors (Lipinski definition) is 1. The zero-order chi connectivity index (χ0) is 26.3. The Morgan fingerprint density at radius 2 is 1.47 bits per heavy atom. The third-order valence-corrected chi connectivity index (χ3v) is 7.33. The first-order valence-electron chi connectivity index (χ1n) is 11.1. The van der Waals surface area contributed by atoms with E-state index >= 15 is 0 Å². The van der Waals surface area contributed by atoms with Crippen molar-refractivity contribution in [3.63, 3.8) is 0 Å². The first-order chi connectivity index (χ1) is 17.2. The Labute approximate surface area is 211 Å². The van der Waals surface area contributed by atoms with E-state index in [2.05, 4.69) is 5.32 Å². The number of sulfonamides is 1. The van der Waals surface area contributed by atoms with E-state index in [1.165, 1.54) is 46.6 Å². The van der Waals surface area contributed by atoms with Crippen LogP contribution in [-0.4, -0.2) is 49.3 Å². The summed E-state index contributed by atoms with van der Waals surface area (Å²) in [4.78, 5) is 13.2. The highest BCUT2D eigenvalue weighted by Gasteiger charge is 2.30. The van der Waals surface area contributed by atoms with Crippen LogP contribution in [0.3, 0.4) is 0 Å². The molecule has 0 aliphatic heterocycles. The Morgan fingerprint density at radius 1 is 0.833 bits per heavy atom. The molecule has 1 atom stereocenters. The number of carbonyl (C=O) groups excluding carboxylic acids is 1. The molecule has 0 bridgehead atoms. The number of rotatable bonds is 11. The van der Waals surface area contributed by atoms with Gasteiger partial charge in [-0.05, 0) is 48.9 Å². The van der Waals surface area contributed by atoms with Crippen molar-refractivity contribution in [2.75, 3.05) is 39.3 Å². The lowest BCUT2D eigenvalue weighted by molar-refractivity contribution is -0.120. The second kappa shape index (κ2) is 11.7. The molecule has 1 amide bonds. The normalized spacial score (nSPS) is 11.8. The highest BCUT2D eigenvalue weighted by atomic mass is 32.2. The van der Waals surface area contributed by atoms with E-state index in [0.717, 1.165) is 9.87 Å². The molecule has 0 saturated heterocycles. The molecule has 3 aromatic carbocycles. The van der Waals surface area contributed by atoms with Crippen molar-refractivity contribution < 1.29 is 32.2 Å². The summed E-state index contributed by atoms with van der Waals surface area (Å²) in [7, 11) is 1.84.